The van der Waals surface area contributed by atoms with E-state index in [2.05, 4.69) is 15.5 Å². The third-order valence-electron chi connectivity index (χ3n) is 7.75. The van der Waals surface area contributed by atoms with Crippen LogP contribution >= 0.6 is 0 Å². The molecule has 1 spiro atoms. The number of nitrogens with zero attached hydrogens (tertiary/aromatic N) is 4. The second-order valence-corrected chi connectivity index (χ2v) is 8.92. The highest BCUT2D eigenvalue weighted by Gasteiger charge is 2.79. The normalized spacial score (nSPS) is 41.9. The van der Waals surface area contributed by atoms with Crippen LogP contribution in [0.2, 0.25) is 0 Å². The lowest BCUT2D eigenvalue weighted by Crippen LogP contribution is -2.39. The van der Waals surface area contributed by atoms with Crippen LogP contribution in [0.1, 0.15) is 42.5 Å². The molecule has 0 aliphatic heterocycles. The highest BCUT2D eigenvalue weighted by atomic mass is 16.3. The molecule has 0 saturated heterocycles. The summed E-state index contributed by atoms with van der Waals surface area (Å²) < 4.78 is 3.35. The topological polar surface area (TPSA) is 85.0 Å². The fourth-order valence-corrected chi connectivity index (χ4v) is 6.75. The fraction of sp³-hybridized carbons (Fsp3) is 0.632. The van der Waals surface area contributed by atoms with Crippen LogP contribution in [-0.2, 0) is 7.05 Å². The minimum Gasteiger partial charge on any atom is -0.389 e. The van der Waals surface area contributed by atoms with E-state index in [0.717, 1.165) is 25.7 Å². The van der Waals surface area contributed by atoms with Gasteiger partial charge in [-0.15, -0.1) is 0 Å². The number of fused-ring (bicyclic) bond motifs is 1. The number of amides is 1. The van der Waals surface area contributed by atoms with Crippen LogP contribution < -0.4 is 5.32 Å². The van der Waals surface area contributed by atoms with Crippen molar-refractivity contribution in [3.05, 3.63) is 30.2 Å². The van der Waals surface area contributed by atoms with Crippen molar-refractivity contribution in [2.75, 3.05) is 0 Å². The first-order valence-corrected chi connectivity index (χ1v) is 9.56. The quantitative estimate of drug-likeness (QED) is 0.870. The molecule has 2 aromatic heterocycles. The Morgan fingerprint density at radius 1 is 1.35 bits per heavy atom. The third kappa shape index (κ3) is 1.70. The summed E-state index contributed by atoms with van der Waals surface area (Å²) in [5.41, 5.74) is 0.192. The van der Waals surface area contributed by atoms with Crippen molar-refractivity contribution in [2.24, 2.45) is 30.2 Å². The Balaban J connectivity index is 1.29. The Morgan fingerprint density at radius 2 is 2.23 bits per heavy atom. The van der Waals surface area contributed by atoms with Crippen LogP contribution in [0.15, 0.2) is 24.7 Å². The smallest absolute Gasteiger partial charge is 0.256 e. The molecule has 1 amide bonds. The average molecular weight is 353 g/mol. The van der Waals surface area contributed by atoms with E-state index in [0.29, 0.717) is 29.1 Å². The Bertz CT molecular complexity index is 905. The first kappa shape index (κ1) is 15.0. The van der Waals surface area contributed by atoms with Gasteiger partial charge < -0.3 is 10.4 Å². The molecule has 6 rings (SSSR count). The van der Waals surface area contributed by atoms with Crippen LogP contribution in [0.4, 0.5) is 0 Å². The zero-order chi connectivity index (χ0) is 17.7. The van der Waals surface area contributed by atoms with E-state index >= 15 is 0 Å². The van der Waals surface area contributed by atoms with Crippen molar-refractivity contribution in [2.45, 2.75) is 43.7 Å². The summed E-state index contributed by atoms with van der Waals surface area (Å²) in [7, 11) is 1.82. The van der Waals surface area contributed by atoms with Gasteiger partial charge in [0.1, 0.15) is 5.56 Å². The summed E-state index contributed by atoms with van der Waals surface area (Å²) in [5.74, 6) is 2.35. The van der Waals surface area contributed by atoms with Crippen molar-refractivity contribution in [1.82, 2.24) is 24.9 Å². The number of aryl methyl sites for hydroxylation is 1. The number of rotatable bonds is 3. The largest absolute Gasteiger partial charge is 0.389 e. The monoisotopic (exact) mass is 353 g/mol. The molecule has 4 unspecified atom stereocenters. The standard InChI is InChI=1S/C19H23N5O2/c1-23-17(24-4-2-3-20-24)13(9-21-23)16(25)22-15-8-18-10-19(18,26)7-11-5-12(15)14(18)6-11/h2-4,9,11-12,14-15,26H,5-8,10H2,1H3,(H,22,25)/t11?,12?,14?,15-,18?,19+/m0/s1. The molecular weight excluding hydrogens is 330 g/mol. The van der Waals surface area contributed by atoms with Crippen molar-refractivity contribution in [3.63, 3.8) is 0 Å². The molecule has 136 valence electrons. The Morgan fingerprint density at radius 3 is 3.04 bits per heavy atom. The molecule has 0 radical (unpaired) electrons. The summed E-state index contributed by atoms with van der Waals surface area (Å²) in [6.45, 7) is 0. The molecule has 4 aliphatic rings. The van der Waals surface area contributed by atoms with Crippen molar-refractivity contribution < 1.29 is 9.90 Å². The molecule has 0 aromatic carbocycles. The lowest BCUT2D eigenvalue weighted by molar-refractivity contribution is 0.0334. The molecule has 26 heavy (non-hydrogen) atoms. The van der Waals surface area contributed by atoms with Crippen LogP contribution in [0.3, 0.4) is 0 Å². The molecule has 2 N–H and O–H groups in total. The molecule has 4 saturated carbocycles. The van der Waals surface area contributed by atoms with E-state index in [1.165, 1.54) is 6.42 Å². The Hall–Kier alpha value is -2.15. The van der Waals surface area contributed by atoms with E-state index in [9.17, 15) is 9.90 Å². The molecule has 6 atom stereocenters. The summed E-state index contributed by atoms with van der Waals surface area (Å²) in [6, 6.07) is 2.00. The predicted octanol–water partition coefficient (Wildman–Crippen LogP) is 1.28. The van der Waals surface area contributed by atoms with Crippen LogP contribution in [0, 0.1) is 23.2 Å². The SMILES string of the molecule is Cn1ncc(C(=O)N[C@H]2CC34C[C@]3(O)CC3CC2C4C3)c1-n1cccn1. The van der Waals surface area contributed by atoms with Gasteiger partial charge in [-0.1, -0.05) is 0 Å². The van der Waals surface area contributed by atoms with E-state index in [1.807, 2.05) is 19.3 Å². The number of nitrogens with one attached hydrogen (secondary N) is 1. The number of hydrogen-bond donors (Lipinski definition) is 2. The van der Waals surface area contributed by atoms with Gasteiger partial charge in [-0.25, -0.2) is 4.68 Å². The zero-order valence-corrected chi connectivity index (χ0v) is 14.8. The number of hydrogen-bond acceptors (Lipinski definition) is 4. The minimum atomic E-state index is -0.441. The van der Waals surface area contributed by atoms with Crippen molar-refractivity contribution in [3.8, 4) is 5.82 Å². The fourth-order valence-electron chi connectivity index (χ4n) is 6.75. The van der Waals surface area contributed by atoms with E-state index in [1.54, 1.807) is 21.8 Å². The number of carbonyl (C=O) groups is 1. The van der Waals surface area contributed by atoms with Gasteiger partial charge in [0.2, 0.25) is 0 Å². The predicted molar refractivity (Wildman–Crippen MR) is 92.5 cm³/mol. The maximum atomic E-state index is 13.1. The molecule has 4 fully saturated rings. The second-order valence-electron chi connectivity index (χ2n) is 8.92. The lowest BCUT2D eigenvalue weighted by Gasteiger charge is -2.30. The van der Waals surface area contributed by atoms with Gasteiger partial charge in [0, 0.05) is 30.9 Å². The van der Waals surface area contributed by atoms with Crippen LogP contribution in [-0.4, -0.2) is 42.2 Å². The van der Waals surface area contributed by atoms with Crippen LogP contribution in [0.5, 0.6) is 0 Å². The highest BCUT2D eigenvalue weighted by Crippen LogP contribution is 2.78. The Kier molecular flexibility index (Phi) is 2.63. The number of aliphatic hydroxyl groups is 1. The zero-order valence-electron chi connectivity index (χ0n) is 14.8. The molecule has 2 bridgehead atoms. The first-order valence-electron chi connectivity index (χ1n) is 9.56. The van der Waals surface area contributed by atoms with Crippen LogP contribution in [0.25, 0.3) is 5.82 Å². The van der Waals surface area contributed by atoms with Gasteiger partial charge >= 0.3 is 0 Å². The van der Waals surface area contributed by atoms with Crippen molar-refractivity contribution in [1.29, 1.82) is 0 Å². The third-order valence-corrected chi connectivity index (χ3v) is 7.75. The van der Waals surface area contributed by atoms with Crippen molar-refractivity contribution >= 4 is 5.91 Å². The summed E-state index contributed by atoms with van der Waals surface area (Å²) in [4.78, 5) is 13.1. The van der Waals surface area contributed by atoms with E-state index in [4.69, 9.17) is 0 Å². The highest BCUT2D eigenvalue weighted by molar-refractivity contribution is 5.97. The maximum Gasteiger partial charge on any atom is 0.256 e. The van der Waals surface area contributed by atoms with Gasteiger partial charge in [0.15, 0.2) is 5.82 Å². The van der Waals surface area contributed by atoms with Gasteiger partial charge in [-0.3, -0.25) is 9.48 Å². The van der Waals surface area contributed by atoms with Gasteiger partial charge in [-0.2, -0.15) is 10.2 Å². The molecular formula is C19H23N5O2. The molecule has 2 aromatic rings. The molecule has 7 heteroatoms. The molecule has 2 heterocycles. The van der Waals surface area contributed by atoms with E-state index in [-0.39, 0.29) is 17.4 Å². The summed E-state index contributed by atoms with van der Waals surface area (Å²) >= 11 is 0. The van der Waals surface area contributed by atoms with E-state index < -0.39 is 5.60 Å². The number of carbonyl (C=O) groups excluding carboxylic acids is 1. The van der Waals surface area contributed by atoms with Gasteiger partial charge in [0.25, 0.3) is 5.91 Å². The van der Waals surface area contributed by atoms with Gasteiger partial charge in [-0.05, 0) is 55.9 Å². The maximum absolute atomic E-state index is 13.1. The lowest BCUT2D eigenvalue weighted by atomic mass is 9.78. The summed E-state index contributed by atoms with van der Waals surface area (Å²) in [5, 5.41) is 22.7. The first-order chi connectivity index (χ1) is 12.5. The molecule has 7 nitrogen and oxygen atoms in total. The average Bonchev–Trinajstić information content (AvgIpc) is 3.12. The summed E-state index contributed by atoms with van der Waals surface area (Å²) in [6.07, 6.45) is 10.4. The van der Waals surface area contributed by atoms with Gasteiger partial charge in [0.05, 0.1) is 11.8 Å². The Labute approximate surface area is 151 Å². The minimum absolute atomic E-state index is 0.0855. The second kappa shape index (κ2) is 4.57. The number of aromatic nitrogens is 4. The molecule has 4 aliphatic carbocycles.